The Morgan fingerprint density at radius 1 is 1.18 bits per heavy atom. The van der Waals surface area contributed by atoms with Crippen molar-refractivity contribution in [2.24, 2.45) is 0 Å². The highest BCUT2D eigenvalue weighted by Crippen LogP contribution is 2.24. The van der Waals surface area contributed by atoms with Crippen LogP contribution in [0, 0.1) is 0 Å². The Morgan fingerprint density at radius 3 is 2.74 bits per heavy atom. The minimum absolute atomic E-state index is 0.184. The Morgan fingerprint density at radius 2 is 2.00 bits per heavy atom. The van der Waals surface area contributed by atoms with Crippen LogP contribution in [0.5, 0.6) is 0 Å². The largest absolute Gasteiger partial charge is 0.343 e. The average molecular weight is 506 g/mol. The zero-order valence-corrected chi connectivity index (χ0v) is 20.0. The predicted octanol–water partition coefficient (Wildman–Crippen LogP) is 0.263. The number of likely N-dealkylation sites (N-methyl/N-ethyl adjacent to an activating group) is 1. The fraction of sp³-hybridized carbons (Fsp3) is 0.429. The number of piperidine rings is 1. The molecule has 4 heterocycles. The Hall–Kier alpha value is -3.09. The number of anilines is 1. The quantitative estimate of drug-likeness (QED) is 0.391. The van der Waals surface area contributed by atoms with Gasteiger partial charge in [-0.1, -0.05) is 11.6 Å². The molecule has 0 radical (unpaired) electrons. The van der Waals surface area contributed by atoms with E-state index in [9.17, 15) is 19.2 Å². The van der Waals surface area contributed by atoms with Crippen LogP contribution in [0.3, 0.4) is 0 Å². The van der Waals surface area contributed by atoms with Crippen molar-refractivity contribution in [3.05, 3.63) is 38.9 Å². The van der Waals surface area contributed by atoms with E-state index in [2.05, 4.69) is 30.8 Å². The number of nitrogens with zero attached hydrogens (tertiary/aromatic N) is 4. The summed E-state index contributed by atoms with van der Waals surface area (Å²) in [6, 6.07) is 1.89. The van der Waals surface area contributed by atoms with Crippen LogP contribution >= 0.6 is 22.9 Å². The minimum Gasteiger partial charge on any atom is -0.343 e. The molecule has 11 nitrogen and oxygen atoms in total. The third kappa shape index (κ3) is 5.69. The molecule has 2 aliphatic heterocycles. The van der Waals surface area contributed by atoms with Crippen molar-refractivity contribution in [1.82, 2.24) is 30.4 Å². The molecule has 2 atom stereocenters. The molecule has 0 spiro atoms. The Balaban J connectivity index is 1.41. The van der Waals surface area contributed by atoms with E-state index in [-0.39, 0.29) is 18.3 Å². The number of fused-ring (bicyclic) bond motifs is 1. The summed E-state index contributed by atoms with van der Waals surface area (Å²) in [7, 11) is 2.02. The second-order valence-electron chi connectivity index (χ2n) is 8.24. The van der Waals surface area contributed by atoms with E-state index in [4.69, 9.17) is 11.6 Å². The number of thiazole rings is 1. The summed E-state index contributed by atoms with van der Waals surface area (Å²) >= 11 is 7.13. The summed E-state index contributed by atoms with van der Waals surface area (Å²) in [5.41, 5.74) is 0.934. The smallest absolute Gasteiger partial charge is 0.314 e. The lowest BCUT2D eigenvalue weighted by Gasteiger charge is -2.37. The van der Waals surface area contributed by atoms with E-state index in [0.29, 0.717) is 29.4 Å². The molecule has 0 aromatic carbocycles. The highest BCUT2D eigenvalue weighted by atomic mass is 35.5. The molecule has 2 aliphatic rings. The van der Waals surface area contributed by atoms with Gasteiger partial charge in [-0.15, -0.1) is 11.3 Å². The SMILES string of the molecule is CN1CCc2nc(C(=O)N[C@@H]3CN(C=O)CC[C@@H]3NC(=O)C(=O)Nc3ccc(Cl)cn3)sc2C1. The number of aromatic nitrogens is 2. The van der Waals surface area contributed by atoms with Gasteiger partial charge in [0.1, 0.15) is 5.82 Å². The summed E-state index contributed by atoms with van der Waals surface area (Å²) in [6.45, 7) is 2.22. The maximum absolute atomic E-state index is 12.9. The standard InChI is InChI=1S/C21H24ClN7O4S/c1-28-6-4-14-16(10-28)34-21(26-14)20(33)25-15-9-29(11-30)7-5-13(15)24-18(31)19(32)27-17-3-2-12(22)8-23-17/h2-3,8,11,13,15H,4-7,9-10H2,1H3,(H,24,31)(H,25,33)(H,23,27,32)/t13-,15+/m0/s1. The summed E-state index contributed by atoms with van der Waals surface area (Å²) < 4.78 is 0. The van der Waals surface area contributed by atoms with Crippen molar-refractivity contribution in [2.75, 3.05) is 32.0 Å². The van der Waals surface area contributed by atoms with Crippen LogP contribution in [0.4, 0.5) is 5.82 Å². The first-order chi connectivity index (χ1) is 16.3. The molecular formula is C21H24ClN7O4S. The van der Waals surface area contributed by atoms with Crippen molar-refractivity contribution >= 4 is 52.9 Å². The number of hydrogen-bond donors (Lipinski definition) is 3. The average Bonchev–Trinajstić information content (AvgIpc) is 3.25. The van der Waals surface area contributed by atoms with Crippen molar-refractivity contribution in [3.63, 3.8) is 0 Å². The summed E-state index contributed by atoms with van der Waals surface area (Å²) in [6.07, 6.45) is 3.22. The molecule has 0 unspecified atom stereocenters. The van der Waals surface area contributed by atoms with Gasteiger partial charge >= 0.3 is 11.8 Å². The first-order valence-corrected chi connectivity index (χ1v) is 11.9. The molecule has 4 amide bonds. The van der Waals surface area contributed by atoms with E-state index in [1.807, 2.05) is 7.05 Å². The molecular weight excluding hydrogens is 482 g/mol. The van der Waals surface area contributed by atoms with Crippen LogP contribution < -0.4 is 16.0 Å². The Labute approximate surface area is 204 Å². The van der Waals surface area contributed by atoms with Gasteiger partial charge in [-0.3, -0.25) is 19.2 Å². The number of halogens is 1. The molecule has 1 saturated heterocycles. The zero-order valence-electron chi connectivity index (χ0n) is 18.4. The van der Waals surface area contributed by atoms with Gasteiger partial charge in [-0.25, -0.2) is 9.97 Å². The van der Waals surface area contributed by atoms with E-state index >= 15 is 0 Å². The molecule has 0 aliphatic carbocycles. The topological polar surface area (TPSA) is 137 Å². The monoisotopic (exact) mass is 505 g/mol. The molecule has 2 aromatic rings. The maximum atomic E-state index is 12.9. The molecule has 13 heteroatoms. The molecule has 3 N–H and O–H groups in total. The summed E-state index contributed by atoms with van der Waals surface area (Å²) in [5, 5.41) is 8.71. The van der Waals surface area contributed by atoms with Gasteiger partial charge in [0.25, 0.3) is 5.91 Å². The fourth-order valence-corrected chi connectivity index (χ4v) is 5.10. The van der Waals surface area contributed by atoms with Crippen LogP contribution in [0.2, 0.25) is 5.02 Å². The van der Waals surface area contributed by atoms with Gasteiger partial charge in [0.2, 0.25) is 6.41 Å². The normalized spacial score (nSPS) is 20.2. The van der Waals surface area contributed by atoms with Gasteiger partial charge < -0.3 is 25.8 Å². The van der Waals surface area contributed by atoms with E-state index in [0.717, 1.165) is 30.1 Å². The number of pyridine rings is 1. The van der Waals surface area contributed by atoms with Crippen LogP contribution in [0.15, 0.2) is 18.3 Å². The van der Waals surface area contributed by atoms with Gasteiger partial charge in [-0.2, -0.15) is 0 Å². The van der Waals surface area contributed by atoms with Crippen molar-refractivity contribution in [1.29, 1.82) is 0 Å². The van der Waals surface area contributed by atoms with Crippen molar-refractivity contribution in [3.8, 4) is 0 Å². The number of amides is 4. The predicted molar refractivity (Wildman–Crippen MR) is 125 cm³/mol. The first kappa shape index (κ1) is 24.0. The number of rotatable bonds is 5. The summed E-state index contributed by atoms with van der Waals surface area (Å²) in [5.74, 6) is -1.94. The second-order valence-corrected chi connectivity index (χ2v) is 9.76. The molecule has 2 aromatic heterocycles. The van der Waals surface area contributed by atoms with E-state index < -0.39 is 23.9 Å². The fourth-order valence-electron chi connectivity index (χ4n) is 3.90. The lowest BCUT2D eigenvalue weighted by atomic mass is 9.99. The molecule has 1 fully saturated rings. The van der Waals surface area contributed by atoms with Gasteiger partial charge in [0.15, 0.2) is 5.01 Å². The number of carbonyl (C=O) groups excluding carboxylic acids is 4. The highest BCUT2D eigenvalue weighted by molar-refractivity contribution is 7.13. The number of hydrogen-bond acceptors (Lipinski definition) is 8. The maximum Gasteiger partial charge on any atom is 0.314 e. The van der Waals surface area contributed by atoms with Gasteiger partial charge in [0.05, 0.1) is 22.8 Å². The van der Waals surface area contributed by atoms with Crippen LogP contribution in [0.1, 0.15) is 26.8 Å². The zero-order chi connectivity index (χ0) is 24.2. The molecule has 0 saturated carbocycles. The Kier molecular flexibility index (Phi) is 7.39. The Bertz CT molecular complexity index is 1090. The molecule has 0 bridgehead atoms. The van der Waals surface area contributed by atoms with Gasteiger partial charge in [-0.05, 0) is 25.6 Å². The first-order valence-electron chi connectivity index (χ1n) is 10.7. The third-order valence-electron chi connectivity index (χ3n) is 5.72. The van der Waals surface area contributed by atoms with Crippen molar-refractivity contribution < 1.29 is 19.2 Å². The third-order valence-corrected chi connectivity index (χ3v) is 7.02. The summed E-state index contributed by atoms with van der Waals surface area (Å²) in [4.78, 5) is 62.3. The van der Waals surface area contributed by atoms with Gasteiger partial charge in [0, 0.05) is 43.7 Å². The number of carbonyl (C=O) groups is 4. The lowest BCUT2D eigenvalue weighted by molar-refractivity contribution is -0.137. The minimum atomic E-state index is -0.894. The molecule has 180 valence electrons. The van der Waals surface area contributed by atoms with E-state index in [1.165, 1.54) is 34.6 Å². The second kappa shape index (κ2) is 10.5. The number of likely N-dealkylation sites (tertiary alicyclic amines) is 1. The molecule has 4 rings (SSSR count). The lowest BCUT2D eigenvalue weighted by Crippen LogP contribution is -2.61. The highest BCUT2D eigenvalue weighted by Gasteiger charge is 2.33. The van der Waals surface area contributed by atoms with Crippen LogP contribution in [-0.4, -0.2) is 82.7 Å². The van der Waals surface area contributed by atoms with Crippen LogP contribution in [-0.2, 0) is 27.3 Å². The van der Waals surface area contributed by atoms with E-state index in [1.54, 1.807) is 0 Å². The number of nitrogens with one attached hydrogen (secondary N) is 3. The van der Waals surface area contributed by atoms with Crippen LogP contribution in [0.25, 0.3) is 0 Å². The molecule has 34 heavy (non-hydrogen) atoms. The van der Waals surface area contributed by atoms with Crippen molar-refractivity contribution in [2.45, 2.75) is 31.5 Å².